The zero-order valence-electron chi connectivity index (χ0n) is 21.7. The molecule has 0 bridgehead atoms. The predicted octanol–water partition coefficient (Wildman–Crippen LogP) is 1.97. The van der Waals surface area contributed by atoms with E-state index in [2.05, 4.69) is 4.98 Å². The number of carbonyl (C=O) groups is 2. The number of aliphatic hydroxyl groups excluding tert-OH is 1. The highest BCUT2D eigenvalue weighted by Crippen LogP contribution is 2.51. The number of carbonyl (C=O) groups excluding carboxylic acids is 2. The average molecular weight is 571 g/mol. The van der Waals surface area contributed by atoms with Crippen molar-refractivity contribution in [1.29, 1.82) is 0 Å². The molecule has 0 amide bonds. The molecule has 38 heavy (non-hydrogen) atoms. The molecule has 1 aromatic rings. The summed E-state index contributed by atoms with van der Waals surface area (Å²) in [6, 6.07) is 1.07. The van der Waals surface area contributed by atoms with Crippen LogP contribution in [0.3, 0.4) is 0 Å². The summed E-state index contributed by atoms with van der Waals surface area (Å²) >= 11 is 0. The fraction of sp³-hybridized carbons (Fsp3) is 0.714. The number of esters is 2. The van der Waals surface area contributed by atoms with Gasteiger partial charge in [0.05, 0.1) is 17.4 Å². The van der Waals surface area contributed by atoms with E-state index in [1.165, 1.54) is 0 Å². The van der Waals surface area contributed by atoms with Crippen molar-refractivity contribution < 1.29 is 55.8 Å². The maximum Gasteiger partial charge on any atom is 0.480 e. The summed E-state index contributed by atoms with van der Waals surface area (Å²) < 4.78 is 72.7. The number of hydrogen-bond acceptors (Lipinski definition) is 13. The number of hydrogen-bond donors (Lipinski definition) is 2. The van der Waals surface area contributed by atoms with Crippen molar-refractivity contribution in [2.75, 3.05) is 25.9 Å². The third-order valence-corrected chi connectivity index (χ3v) is 6.22. The third-order valence-electron chi connectivity index (χ3n) is 4.91. The van der Waals surface area contributed by atoms with Crippen LogP contribution in [0.5, 0.6) is 0 Å². The van der Waals surface area contributed by atoms with Gasteiger partial charge in [0.25, 0.3) is 0 Å². The number of halogens is 2. The predicted molar refractivity (Wildman–Crippen MR) is 124 cm³/mol. The van der Waals surface area contributed by atoms with Crippen molar-refractivity contribution in [3.63, 3.8) is 0 Å². The fourth-order valence-corrected chi connectivity index (χ4v) is 3.63. The molecule has 0 aliphatic carbocycles. The molecule has 0 saturated carbocycles. The molecule has 0 spiro atoms. The Balaban J connectivity index is 2.14. The summed E-state index contributed by atoms with van der Waals surface area (Å²) in [5.74, 6) is -5.70. The second-order valence-corrected chi connectivity index (χ2v) is 12.0. The van der Waals surface area contributed by atoms with Crippen molar-refractivity contribution in [3.05, 3.63) is 22.7 Å². The van der Waals surface area contributed by atoms with Gasteiger partial charge in [-0.05, 0) is 47.6 Å². The van der Waals surface area contributed by atoms with Crippen LogP contribution in [0.1, 0.15) is 47.8 Å². The Kier molecular flexibility index (Phi) is 9.78. The first kappa shape index (κ1) is 31.7. The molecule has 2 heterocycles. The normalized spacial score (nSPS) is 21.8. The number of nitrogens with zero attached hydrogens (tertiary/aromatic N) is 2. The van der Waals surface area contributed by atoms with Gasteiger partial charge < -0.3 is 25.1 Å². The molecular weight excluding hydrogens is 539 g/mol. The standard InChI is InChI=1S/C21H32F2N3O11P/c1-19(2,3)16(28)32-10-35-38(31,36-11-33-17(29)20(4,5)6)34-9-12-14(27)21(22,23)15(37-12)26-8-7-13(24)25-18(26)30/h7-8,12,14-15,27H,9-11H2,1-6H3,(H2,24,25,30)/t12-,14+,15-/m1/s1. The van der Waals surface area contributed by atoms with Gasteiger partial charge in [0.15, 0.2) is 6.10 Å². The highest BCUT2D eigenvalue weighted by Gasteiger charge is 2.60. The number of aromatic nitrogens is 2. The van der Waals surface area contributed by atoms with Crippen LogP contribution in [0.2, 0.25) is 0 Å². The summed E-state index contributed by atoms with van der Waals surface area (Å²) in [7, 11) is -4.75. The smallest absolute Gasteiger partial charge is 0.437 e. The summed E-state index contributed by atoms with van der Waals surface area (Å²) in [5.41, 5.74) is 2.33. The van der Waals surface area contributed by atoms with Gasteiger partial charge >= 0.3 is 31.4 Å². The van der Waals surface area contributed by atoms with Crippen molar-refractivity contribution >= 4 is 25.6 Å². The number of ether oxygens (including phenoxy) is 3. The van der Waals surface area contributed by atoms with E-state index >= 15 is 0 Å². The van der Waals surface area contributed by atoms with Crippen molar-refractivity contribution in [2.24, 2.45) is 10.8 Å². The quantitative estimate of drug-likeness (QED) is 0.236. The van der Waals surface area contributed by atoms with E-state index in [1.54, 1.807) is 41.5 Å². The van der Waals surface area contributed by atoms with Gasteiger partial charge in [-0.25, -0.2) is 18.4 Å². The molecule has 0 aromatic carbocycles. The number of rotatable bonds is 10. The second kappa shape index (κ2) is 11.7. The number of alkyl halides is 2. The van der Waals surface area contributed by atoms with E-state index in [0.29, 0.717) is 4.57 Å². The average Bonchev–Trinajstić information content (AvgIpc) is 3.00. The summed E-state index contributed by atoms with van der Waals surface area (Å²) in [6.45, 7) is 6.42. The van der Waals surface area contributed by atoms with Gasteiger partial charge in [0.1, 0.15) is 11.9 Å². The molecule has 2 rings (SSSR count). The molecule has 1 aromatic heterocycles. The zero-order valence-corrected chi connectivity index (χ0v) is 22.6. The van der Waals surface area contributed by atoms with E-state index in [1.807, 2.05) is 0 Å². The SMILES string of the molecule is CC(C)(C)C(=O)OCOP(=O)(OCOC(=O)C(C)(C)C)OC[C@H]1O[C@@H](n2ccc(N)nc2=O)C(F)(F)[C@H]1O. The van der Waals surface area contributed by atoms with Crippen LogP contribution in [-0.4, -0.2) is 64.9 Å². The number of nitrogen functional groups attached to an aromatic ring is 1. The number of nitrogens with two attached hydrogens (primary N) is 1. The molecule has 0 radical (unpaired) electrons. The molecule has 14 nitrogen and oxygen atoms in total. The van der Waals surface area contributed by atoms with Crippen LogP contribution in [-0.2, 0) is 41.9 Å². The Hall–Kier alpha value is -2.49. The highest BCUT2D eigenvalue weighted by molar-refractivity contribution is 7.48. The van der Waals surface area contributed by atoms with E-state index in [-0.39, 0.29) is 5.82 Å². The minimum atomic E-state index is -4.75. The number of anilines is 1. The monoisotopic (exact) mass is 571 g/mol. The molecule has 216 valence electrons. The van der Waals surface area contributed by atoms with E-state index in [9.17, 15) is 32.8 Å². The minimum absolute atomic E-state index is 0.220. The Morgan fingerprint density at radius 1 is 1.11 bits per heavy atom. The number of phosphoric acid groups is 1. The van der Waals surface area contributed by atoms with Gasteiger partial charge in [-0.3, -0.25) is 18.7 Å². The lowest BCUT2D eigenvalue weighted by Crippen LogP contribution is -2.42. The molecular formula is C21H32F2N3O11P. The molecule has 3 atom stereocenters. The topological polar surface area (TPSA) is 188 Å². The molecule has 3 N–H and O–H groups in total. The molecule has 1 fully saturated rings. The lowest BCUT2D eigenvalue weighted by molar-refractivity contribution is -0.163. The van der Waals surface area contributed by atoms with Crippen molar-refractivity contribution in [1.82, 2.24) is 9.55 Å². The summed E-state index contributed by atoms with van der Waals surface area (Å²) in [4.78, 5) is 39.2. The van der Waals surface area contributed by atoms with Gasteiger partial charge in [-0.2, -0.15) is 13.8 Å². The van der Waals surface area contributed by atoms with Crippen LogP contribution in [0.4, 0.5) is 14.6 Å². The van der Waals surface area contributed by atoms with E-state index < -0.39 is 80.8 Å². The van der Waals surface area contributed by atoms with E-state index in [4.69, 9.17) is 33.5 Å². The van der Waals surface area contributed by atoms with Gasteiger partial charge in [-0.1, -0.05) is 0 Å². The number of phosphoric ester groups is 1. The maximum atomic E-state index is 14.7. The zero-order chi connectivity index (χ0) is 29.1. The van der Waals surface area contributed by atoms with Crippen molar-refractivity contribution in [2.45, 2.75) is 65.9 Å². The second-order valence-electron chi connectivity index (χ2n) is 10.3. The largest absolute Gasteiger partial charge is 0.480 e. The van der Waals surface area contributed by atoms with Crippen LogP contribution >= 0.6 is 7.82 Å². The molecule has 17 heteroatoms. The van der Waals surface area contributed by atoms with Crippen molar-refractivity contribution in [3.8, 4) is 0 Å². The number of aliphatic hydroxyl groups is 1. The highest BCUT2D eigenvalue weighted by atomic mass is 31.2. The minimum Gasteiger partial charge on any atom is -0.437 e. The molecule has 0 unspecified atom stereocenters. The van der Waals surface area contributed by atoms with Crippen LogP contribution in [0.15, 0.2) is 17.1 Å². The lowest BCUT2D eigenvalue weighted by Gasteiger charge is -2.23. The first-order chi connectivity index (χ1) is 17.3. The molecule has 1 aliphatic rings. The van der Waals surface area contributed by atoms with Crippen LogP contribution in [0.25, 0.3) is 0 Å². The van der Waals surface area contributed by atoms with Gasteiger partial charge in [0, 0.05) is 6.20 Å². The van der Waals surface area contributed by atoms with Crippen LogP contribution in [0, 0.1) is 10.8 Å². The Morgan fingerprint density at radius 3 is 2.05 bits per heavy atom. The Labute approximate surface area is 216 Å². The van der Waals surface area contributed by atoms with Gasteiger partial charge in [-0.15, -0.1) is 0 Å². The summed E-state index contributed by atoms with van der Waals surface area (Å²) in [5, 5.41) is 10.1. The Morgan fingerprint density at radius 2 is 1.61 bits per heavy atom. The van der Waals surface area contributed by atoms with Crippen LogP contribution < -0.4 is 11.4 Å². The van der Waals surface area contributed by atoms with E-state index in [0.717, 1.165) is 12.3 Å². The Bertz CT molecular complexity index is 1080. The maximum absolute atomic E-state index is 14.7. The third kappa shape index (κ3) is 8.01. The lowest BCUT2D eigenvalue weighted by atomic mass is 9.98. The molecule has 1 saturated heterocycles. The first-order valence-corrected chi connectivity index (χ1v) is 12.7. The fourth-order valence-electron chi connectivity index (χ4n) is 2.71. The first-order valence-electron chi connectivity index (χ1n) is 11.2. The van der Waals surface area contributed by atoms with Gasteiger partial charge in [0.2, 0.25) is 19.8 Å². The summed E-state index contributed by atoms with van der Waals surface area (Å²) in [6.07, 6.45) is -5.76. The molecule has 1 aliphatic heterocycles.